The standard InChI is InChI=1S/C27H20N6O6/c1-17-4-7-20(10-23(17)28-13-34)31-16-33(39,22-9-6-19(3)25(12-22)30-15-36)27(38)32(26(31)37)21-8-5-18(2)24(11-21)29-14-35/h4-12H,16H2,1-3H3. The second-order valence-electron chi connectivity index (χ2n) is 8.73. The highest BCUT2D eigenvalue weighted by Gasteiger charge is 2.49. The number of hydrogen-bond acceptors (Lipinski definition) is 9. The first-order valence-electron chi connectivity index (χ1n) is 11.5. The number of imide groups is 1. The lowest BCUT2D eigenvalue weighted by molar-refractivity contribution is 0.208. The molecule has 0 aromatic heterocycles. The van der Waals surface area contributed by atoms with Gasteiger partial charge in [0, 0.05) is 12.1 Å². The summed E-state index contributed by atoms with van der Waals surface area (Å²) in [5, 5.41) is 14.4. The number of aliphatic imine (C=N–C) groups is 3. The van der Waals surface area contributed by atoms with Crippen LogP contribution >= 0.6 is 0 Å². The van der Waals surface area contributed by atoms with Crippen LogP contribution < -0.4 is 14.4 Å². The summed E-state index contributed by atoms with van der Waals surface area (Å²) < 4.78 is -1.67. The molecule has 4 amide bonds. The zero-order valence-corrected chi connectivity index (χ0v) is 21.0. The molecule has 1 atom stereocenters. The molecule has 12 heteroatoms. The second-order valence-corrected chi connectivity index (χ2v) is 8.73. The molecule has 0 radical (unpaired) electrons. The molecule has 0 N–H and O–H groups in total. The molecular formula is C27H20N6O6. The predicted molar refractivity (Wildman–Crippen MR) is 143 cm³/mol. The third-order valence-electron chi connectivity index (χ3n) is 6.33. The summed E-state index contributed by atoms with van der Waals surface area (Å²) in [5.41, 5.74) is 2.34. The van der Waals surface area contributed by atoms with Gasteiger partial charge in [0.1, 0.15) is 5.69 Å². The second kappa shape index (κ2) is 10.6. The molecule has 1 aliphatic heterocycles. The number of rotatable bonds is 6. The van der Waals surface area contributed by atoms with E-state index in [2.05, 4.69) is 15.0 Å². The molecule has 194 valence electrons. The molecule has 3 aromatic carbocycles. The van der Waals surface area contributed by atoms with Gasteiger partial charge in [0.05, 0.1) is 28.4 Å². The number of urea groups is 2. The van der Waals surface area contributed by atoms with E-state index in [4.69, 9.17) is 0 Å². The minimum absolute atomic E-state index is 0.0101. The average molecular weight is 524 g/mol. The van der Waals surface area contributed by atoms with Gasteiger partial charge in [-0.15, -0.1) is 0 Å². The summed E-state index contributed by atoms with van der Waals surface area (Å²) in [7, 11) is 0. The molecule has 1 unspecified atom stereocenters. The molecule has 1 fully saturated rings. The van der Waals surface area contributed by atoms with E-state index in [0.717, 1.165) is 4.90 Å². The SMILES string of the molecule is Cc1ccc(N2C[N+]([O-])(c3ccc(C)c(N=C=O)c3)C(=O)N(c3ccc(C)c(N=C=O)c3)C2=O)cc1N=C=O. The first-order chi connectivity index (χ1) is 18.6. The first kappa shape index (κ1) is 26.7. The van der Waals surface area contributed by atoms with Crippen LogP contribution in [0, 0.1) is 26.0 Å². The summed E-state index contributed by atoms with van der Waals surface area (Å²) >= 11 is 0. The van der Waals surface area contributed by atoms with Gasteiger partial charge < -0.3 is 5.21 Å². The number of benzene rings is 3. The van der Waals surface area contributed by atoms with Gasteiger partial charge in [-0.05, 0) is 61.7 Å². The van der Waals surface area contributed by atoms with Crippen molar-refractivity contribution in [1.82, 2.24) is 4.65 Å². The van der Waals surface area contributed by atoms with Crippen LogP contribution in [0.1, 0.15) is 16.7 Å². The van der Waals surface area contributed by atoms with Crippen LogP contribution in [0.25, 0.3) is 0 Å². The molecule has 12 nitrogen and oxygen atoms in total. The molecule has 4 rings (SSSR count). The van der Waals surface area contributed by atoms with Crippen molar-refractivity contribution in [2.24, 2.45) is 15.0 Å². The highest BCUT2D eigenvalue weighted by molar-refractivity contribution is 6.24. The number of carbonyl (C=O) groups is 2. The third-order valence-corrected chi connectivity index (χ3v) is 6.33. The zero-order valence-electron chi connectivity index (χ0n) is 21.0. The Balaban J connectivity index is 1.95. The average Bonchev–Trinajstić information content (AvgIpc) is 2.91. The lowest BCUT2D eigenvalue weighted by Gasteiger charge is -2.48. The quantitative estimate of drug-likeness (QED) is 0.179. The fourth-order valence-electron chi connectivity index (χ4n) is 4.12. The Morgan fingerprint density at radius 1 is 0.718 bits per heavy atom. The van der Waals surface area contributed by atoms with Gasteiger partial charge in [0.25, 0.3) is 0 Å². The van der Waals surface area contributed by atoms with Gasteiger partial charge in [-0.25, -0.2) is 33.5 Å². The molecule has 0 spiro atoms. The van der Waals surface area contributed by atoms with E-state index in [1.807, 2.05) is 0 Å². The highest BCUT2D eigenvalue weighted by atomic mass is 16.6. The summed E-state index contributed by atoms with van der Waals surface area (Å²) in [5.74, 6) is 0. The zero-order chi connectivity index (χ0) is 28.3. The normalized spacial score (nSPS) is 16.7. The van der Waals surface area contributed by atoms with Gasteiger partial charge in [-0.2, -0.15) is 19.9 Å². The lowest BCUT2D eigenvalue weighted by atomic mass is 10.1. The van der Waals surface area contributed by atoms with E-state index in [0.29, 0.717) is 21.6 Å². The number of nitrogens with zero attached hydrogens (tertiary/aromatic N) is 6. The van der Waals surface area contributed by atoms with Crippen molar-refractivity contribution in [3.05, 3.63) is 76.5 Å². The number of amides is 4. The molecule has 1 aliphatic rings. The van der Waals surface area contributed by atoms with E-state index in [1.54, 1.807) is 32.9 Å². The maximum absolute atomic E-state index is 14.4. The molecular weight excluding hydrogens is 504 g/mol. The fourth-order valence-corrected chi connectivity index (χ4v) is 4.12. The van der Waals surface area contributed by atoms with E-state index >= 15 is 0 Å². The van der Waals surface area contributed by atoms with Crippen LogP contribution in [0.3, 0.4) is 0 Å². The van der Waals surface area contributed by atoms with Crippen molar-refractivity contribution in [3.63, 3.8) is 0 Å². The Hall–Kier alpha value is -5.34. The van der Waals surface area contributed by atoms with E-state index in [9.17, 15) is 29.2 Å². The number of carbonyl (C=O) groups excluding carboxylic acids is 5. The smallest absolute Gasteiger partial charge is 0.438 e. The fraction of sp³-hybridized carbons (Fsp3) is 0.148. The molecule has 1 heterocycles. The molecule has 3 aromatic rings. The van der Waals surface area contributed by atoms with Crippen molar-refractivity contribution in [2.75, 3.05) is 16.5 Å². The monoisotopic (exact) mass is 524 g/mol. The van der Waals surface area contributed by atoms with Crippen LogP contribution in [0.15, 0.2) is 69.6 Å². The Labute approximate surface area is 222 Å². The van der Waals surface area contributed by atoms with Gasteiger partial charge in [0.2, 0.25) is 18.2 Å². The van der Waals surface area contributed by atoms with Crippen molar-refractivity contribution in [1.29, 1.82) is 0 Å². The van der Waals surface area contributed by atoms with Gasteiger partial charge in [-0.1, -0.05) is 18.2 Å². The number of quaternary nitrogens is 1. The van der Waals surface area contributed by atoms with Crippen molar-refractivity contribution < 1.29 is 24.0 Å². The van der Waals surface area contributed by atoms with E-state index in [1.165, 1.54) is 60.7 Å². The summed E-state index contributed by atoms with van der Waals surface area (Å²) in [6.45, 7) is 4.35. The number of aryl methyl sites for hydroxylation is 3. The van der Waals surface area contributed by atoms with Gasteiger partial charge in [0.15, 0.2) is 6.67 Å². The molecule has 39 heavy (non-hydrogen) atoms. The third kappa shape index (κ3) is 4.84. The summed E-state index contributed by atoms with van der Waals surface area (Å²) in [6.07, 6.45) is 4.31. The lowest BCUT2D eigenvalue weighted by Crippen LogP contribution is -2.70. The topological polar surface area (TPSA) is 152 Å². The molecule has 0 saturated carbocycles. The minimum atomic E-state index is -1.67. The van der Waals surface area contributed by atoms with Crippen molar-refractivity contribution in [3.8, 4) is 0 Å². The van der Waals surface area contributed by atoms with Crippen molar-refractivity contribution in [2.45, 2.75) is 20.8 Å². The Morgan fingerprint density at radius 2 is 1.18 bits per heavy atom. The predicted octanol–water partition coefficient (Wildman–Crippen LogP) is 5.54. The van der Waals surface area contributed by atoms with Crippen LogP contribution in [0.4, 0.5) is 43.7 Å². The van der Waals surface area contributed by atoms with E-state index < -0.39 is 23.4 Å². The number of hydroxylamine groups is 2. The number of isocyanates is 3. The van der Waals surface area contributed by atoms with Crippen LogP contribution in [-0.2, 0) is 14.4 Å². The van der Waals surface area contributed by atoms with Crippen LogP contribution in [0.2, 0.25) is 0 Å². The largest absolute Gasteiger partial charge is 0.617 e. The van der Waals surface area contributed by atoms with Gasteiger partial charge >= 0.3 is 12.1 Å². The summed E-state index contributed by atoms with van der Waals surface area (Å²) in [6, 6.07) is 11.1. The Morgan fingerprint density at radius 3 is 1.72 bits per heavy atom. The van der Waals surface area contributed by atoms with Crippen molar-refractivity contribution >= 4 is 64.4 Å². The Bertz CT molecular complexity index is 1670. The maximum Gasteiger partial charge on any atom is 0.438 e. The Kier molecular flexibility index (Phi) is 7.24. The van der Waals surface area contributed by atoms with Crippen LogP contribution in [0.5, 0.6) is 0 Å². The minimum Gasteiger partial charge on any atom is -0.617 e. The number of anilines is 2. The van der Waals surface area contributed by atoms with E-state index in [-0.39, 0.29) is 34.1 Å². The number of hydrogen-bond donors (Lipinski definition) is 0. The first-order valence-corrected chi connectivity index (χ1v) is 11.5. The molecule has 0 bridgehead atoms. The molecule has 1 saturated heterocycles. The summed E-state index contributed by atoms with van der Waals surface area (Å²) in [4.78, 5) is 73.0. The van der Waals surface area contributed by atoms with Crippen LogP contribution in [-0.4, -0.2) is 37.0 Å². The highest BCUT2D eigenvalue weighted by Crippen LogP contribution is 2.38. The molecule has 0 aliphatic carbocycles. The van der Waals surface area contributed by atoms with Gasteiger partial charge in [-0.3, -0.25) is 0 Å². The maximum atomic E-state index is 14.4.